The number of fused-ring (bicyclic) bond motifs is 1. The van der Waals surface area contributed by atoms with Gasteiger partial charge in [-0.15, -0.1) is 11.8 Å². The minimum Gasteiger partial charge on any atom is -0.294 e. The normalized spacial score (nSPS) is 12.3. The van der Waals surface area contributed by atoms with Gasteiger partial charge >= 0.3 is 0 Å². The van der Waals surface area contributed by atoms with Crippen LogP contribution in [0.5, 0.6) is 0 Å². The third-order valence-corrected chi connectivity index (χ3v) is 4.06. The first kappa shape index (κ1) is 12.9. The second-order valence-electron chi connectivity index (χ2n) is 4.23. The zero-order valence-corrected chi connectivity index (χ0v) is 11.0. The molecule has 0 aromatic heterocycles. The van der Waals surface area contributed by atoms with E-state index in [0.717, 1.165) is 5.75 Å². The Labute approximate surface area is 111 Å². The van der Waals surface area contributed by atoms with Crippen molar-refractivity contribution in [1.29, 1.82) is 0 Å². The predicted octanol–water partition coefficient (Wildman–Crippen LogP) is 2.56. The lowest BCUT2D eigenvalue weighted by atomic mass is 10.1. The van der Waals surface area contributed by atoms with Crippen LogP contribution in [0.25, 0.3) is 10.8 Å². The van der Waals surface area contributed by atoms with Gasteiger partial charge in [-0.2, -0.15) is 0 Å². The molecule has 0 heterocycles. The van der Waals surface area contributed by atoms with E-state index in [9.17, 15) is 4.79 Å². The van der Waals surface area contributed by atoms with Crippen molar-refractivity contribution in [3.8, 4) is 0 Å². The molecule has 0 fully saturated rings. The molecular formula is C14H16N2OS. The highest BCUT2D eigenvalue weighted by Crippen LogP contribution is 2.25. The number of hydrogen-bond donors (Lipinski definition) is 2. The third kappa shape index (κ3) is 3.03. The van der Waals surface area contributed by atoms with Crippen molar-refractivity contribution >= 4 is 28.4 Å². The molecule has 4 heteroatoms. The van der Waals surface area contributed by atoms with Crippen LogP contribution in [0.15, 0.2) is 47.4 Å². The Morgan fingerprint density at radius 2 is 2.00 bits per heavy atom. The Hall–Kier alpha value is -1.52. The van der Waals surface area contributed by atoms with E-state index in [-0.39, 0.29) is 11.8 Å². The van der Waals surface area contributed by atoms with Gasteiger partial charge in [0.2, 0.25) is 5.91 Å². The number of benzene rings is 2. The Morgan fingerprint density at radius 3 is 2.72 bits per heavy atom. The largest absolute Gasteiger partial charge is 0.294 e. The highest BCUT2D eigenvalue weighted by atomic mass is 32.2. The van der Waals surface area contributed by atoms with Crippen molar-refractivity contribution in [1.82, 2.24) is 5.43 Å². The summed E-state index contributed by atoms with van der Waals surface area (Å²) in [7, 11) is 0. The average molecular weight is 260 g/mol. The van der Waals surface area contributed by atoms with Gasteiger partial charge in [-0.3, -0.25) is 10.2 Å². The first-order valence-electron chi connectivity index (χ1n) is 5.83. The first-order valence-corrected chi connectivity index (χ1v) is 6.81. The molecule has 0 aliphatic rings. The topological polar surface area (TPSA) is 55.1 Å². The summed E-state index contributed by atoms with van der Waals surface area (Å²) < 4.78 is 0. The molecular weight excluding hydrogens is 244 g/mol. The van der Waals surface area contributed by atoms with Crippen LogP contribution in [0.3, 0.4) is 0 Å². The van der Waals surface area contributed by atoms with Gasteiger partial charge in [0.05, 0.1) is 0 Å². The molecule has 94 valence electrons. The molecule has 3 nitrogen and oxygen atoms in total. The minimum atomic E-state index is -0.122. The van der Waals surface area contributed by atoms with Crippen molar-refractivity contribution in [2.24, 2.45) is 11.8 Å². The minimum absolute atomic E-state index is 0.0912. The first-order chi connectivity index (χ1) is 8.70. The zero-order chi connectivity index (χ0) is 13.0. The number of carbonyl (C=O) groups is 1. The second-order valence-corrected chi connectivity index (χ2v) is 5.32. The van der Waals surface area contributed by atoms with E-state index in [0.29, 0.717) is 0 Å². The number of nitrogens with one attached hydrogen (secondary N) is 1. The zero-order valence-electron chi connectivity index (χ0n) is 10.2. The van der Waals surface area contributed by atoms with Crippen LogP contribution in [-0.2, 0) is 4.79 Å². The summed E-state index contributed by atoms with van der Waals surface area (Å²) in [5.74, 6) is 5.62. The Morgan fingerprint density at radius 1 is 1.28 bits per heavy atom. The van der Waals surface area contributed by atoms with Crippen molar-refractivity contribution in [3.05, 3.63) is 42.5 Å². The molecule has 0 aliphatic carbocycles. The average Bonchev–Trinajstić information content (AvgIpc) is 2.43. The maximum absolute atomic E-state index is 11.3. The van der Waals surface area contributed by atoms with E-state index in [2.05, 4.69) is 35.8 Å². The molecule has 0 saturated carbocycles. The molecule has 2 rings (SSSR count). The fraction of sp³-hybridized carbons (Fsp3) is 0.214. The van der Waals surface area contributed by atoms with Crippen LogP contribution in [0, 0.1) is 5.92 Å². The molecule has 3 N–H and O–H groups in total. The number of carbonyl (C=O) groups excluding carboxylic acids is 1. The Bertz CT molecular complexity index is 556. The maximum atomic E-state index is 11.3. The Kier molecular flexibility index (Phi) is 4.23. The van der Waals surface area contributed by atoms with Crippen molar-refractivity contribution in [3.63, 3.8) is 0 Å². The smallest absolute Gasteiger partial charge is 0.237 e. The van der Waals surface area contributed by atoms with Crippen LogP contribution in [0.1, 0.15) is 6.92 Å². The number of thioether (sulfide) groups is 1. The molecule has 2 aromatic rings. The number of hydrazine groups is 1. The highest BCUT2D eigenvalue weighted by Gasteiger charge is 2.11. The third-order valence-electron chi connectivity index (χ3n) is 2.81. The van der Waals surface area contributed by atoms with Crippen LogP contribution in [-0.4, -0.2) is 11.7 Å². The van der Waals surface area contributed by atoms with E-state index in [1.54, 1.807) is 11.8 Å². The molecule has 18 heavy (non-hydrogen) atoms. The summed E-state index contributed by atoms with van der Waals surface area (Å²) in [6.45, 7) is 1.87. The number of rotatable bonds is 4. The van der Waals surface area contributed by atoms with Gasteiger partial charge in [0.25, 0.3) is 0 Å². The SMILES string of the molecule is CC(CSc1ccc2ccccc2c1)C(=O)NN. The van der Waals surface area contributed by atoms with E-state index in [1.807, 2.05) is 19.1 Å². The quantitative estimate of drug-likeness (QED) is 0.384. The summed E-state index contributed by atoms with van der Waals surface area (Å²) in [5.41, 5.74) is 2.18. The number of nitrogens with two attached hydrogens (primary N) is 1. The number of hydrogen-bond acceptors (Lipinski definition) is 3. The van der Waals surface area contributed by atoms with E-state index < -0.39 is 0 Å². The van der Waals surface area contributed by atoms with E-state index in [1.165, 1.54) is 15.7 Å². The molecule has 1 amide bonds. The van der Waals surface area contributed by atoms with Gasteiger partial charge in [-0.05, 0) is 22.9 Å². The fourth-order valence-electron chi connectivity index (χ4n) is 1.70. The van der Waals surface area contributed by atoms with Crippen LogP contribution >= 0.6 is 11.8 Å². The monoisotopic (exact) mass is 260 g/mol. The van der Waals surface area contributed by atoms with Gasteiger partial charge in [0.1, 0.15) is 0 Å². The van der Waals surface area contributed by atoms with Gasteiger partial charge in [0.15, 0.2) is 0 Å². The van der Waals surface area contributed by atoms with Gasteiger partial charge in [0, 0.05) is 16.6 Å². The summed E-state index contributed by atoms with van der Waals surface area (Å²) in [6, 6.07) is 14.6. The molecule has 1 unspecified atom stereocenters. The lowest BCUT2D eigenvalue weighted by Crippen LogP contribution is -2.35. The van der Waals surface area contributed by atoms with Crippen LogP contribution in [0.2, 0.25) is 0 Å². The molecule has 0 spiro atoms. The van der Waals surface area contributed by atoms with Crippen molar-refractivity contribution in [2.75, 3.05) is 5.75 Å². The van der Waals surface area contributed by atoms with Gasteiger partial charge in [-0.25, -0.2) is 5.84 Å². The van der Waals surface area contributed by atoms with Crippen molar-refractivity contribution in [2.45, 2.75) is 11.8 Å². The summed E-state index contributed by atoms with van der Waals surface area (Å²) in [6.07, 6.45) is 0. The fourth-order valence-corrected chi connectivity index (χ4v) is 2.66. The molecule has 0 aliphatic heterocycles. The lowest BCUT2D eigenvalue weighted by Gasteiger charge is -2.09. The molecule has 2 aromatic carbocycles. The lowest BCUT2D eigenvalue weighted by molar-refractivity contribution is -0.123. The summed E-state index contributed by atoms with van der Waals surface area (Å²) >= 11 is 1.67. The molecule has 1 atom stereocenters. The van der Waals surface area contributed by atoms with Crippen LogP contribution in [0.4, 0.5) is 0 Å². The summed E-state index contributed by atoms with van der Waals surface area (Å²) in [5, 5.41) is 2.45. The van der Waals surface area contributed by atoms with Crippen LogP contribution < -0.4 is 11.3 Å². The van der Waals surface area contributed by atoms with E-state index >= 15 is 0 Å². The molecule has 0 saturated heterocycles. The number of amides is 1. The van der Waals surface area contributed by atoms with Gasteiger partial charge < -0.3 is 0 Å². The molecule has 0 radical (unpaired) electrons. The Balaban J connectivity index is 2.06. The standard InChI is InChI=1S/C14H16N2OS/c1-10(14(17)16-15)9-18-13-7-6-11-4-2-3-5-12(11)8-13/h2-8,10H,9,15H2,1H3,(H,16,17). The summed E-state index contributed by atoms with van der Waals surface area (Å²) in [4.78, 5) is 12.5. The predicted molar refractivity (Wildman–Crippen MR) is 76.2 cm³/mol. The van der Waals surface area contributed by atoms with Crippen molar-refractivity contribution < 1.29 is 4.79 Å². The van der Waals surface area contributed by atoms with Gasteiger partial charge in [-0.1, -0.05) is 37.3 Å². The second kappa shape index (κ2) is 5.89. The molecule has 0 bridgehead atoms. The maximum Gasteiger partial charge on any atom is 0.237 e. The highest BCUT2D eigenvalue weighted by molar-refractivity contribution is 7.99. The van der Waals surface area contributed by atoms with E-state index in [4.69, 9.17) is 5.84 Å².